The summed E-state index contributed by atoms with van der Waals surface area (Å²) in [4.78, 5) is 9.58. The van der Waals surface area contributed by atoms with Gasteiger partial charge in [-0.1, -0.05) is 18.2 Å². The average molecular weight is 306 g/mol. The van der Waals surface area contributed by atoms with Crippen LogP contribution in [0.4, 0.5) is 0 Å². The van der Waals surface area contributed by atoms with Crippen LogP contribution in [0, 0.1) is 0 Å². The van der Waals surface area contributed by atoms with Crippen LogP contribution in [-0.2, 0) is 0 Å². The molecule has 0 fully saturated rings. The molecule has 1 aromatic carbocycles. The maximum atomic E-state index is 4.19. The van der Waals surface area contributed by atoms with Gasteiger partial charge in [-0.25, -0.2) is 9.97 Å². The van der Waals surface area contributed by atoms with Gasteiger partial charge in [0, 0.05) is 35.4 Å². The van der Waals surface area contributed by atoms with E-state index < -0.39 is 0 Å². The van der Waals surface area contributed by atoms with E-state index in [0.717, 1.165) is 5.69 Å². The highest BCUT2D eigenvalue weighted by atomic mass is 32.1. The van der Waals surface area contributed by atoms with Crippen molar-refractivity contribution in [3.05, 3.63) is 89.7 Å². The fraction of sp³-hybridized carbons (Fsp3) is 0.0588. The van der Waals surface area contributed by atoms with Gasteiger partial charge in [-0.2, -0.15) is 0 Å². The molecule has 4 aromatic rings. The van der Waals surface area contributed by atoms with Gasteiger partial charge in [0.2, 0.25) is 0 Å². The first kappa shape index (κ1) is 13.0. The molecule has 0 radical (unpaired) electrons. The van der Waals surface area contributed by atoms with Crippen LogP contribution in [-0.4, -0.2) is 19.1 Å². The molecule has 0 aliphatic heterocycles. The first-order valence-electron chi connectivity index (χ1n) is 7.01. The van der Waals surface area contributed by atoms with E-state index in [1.807, 2.05) is 35.8 Å². The van der Waals surface area contributed by atoms with Gasteiger partial charge in [0.25, 0.3) is 0 Å². The van der Waals surface area contributed by atoms with Crippen molar-refractivity contribution in [2.45, 2.75) is 6.04 Å². The van der Waals surface area contributed by atoms with Gasteiger partial charge in [0.1, 0.15) is 0 Å². The third kappa shape index (κ3) is 2.35. The topological polar surface area (TPSA) is 35.6 Å². The van der Waals surface area contributed by atoms with Gasteiger partial charge in [0.15, 0.2) is 0 Å². The fourth-order valence-electron chi connectivity index (χ4n) is 2.59. The molecule has 0 spiro atoms. The highest BCUT2D eigenvalue weighted by molar-refractivity contribution is 7.10. The maximum Gasteiger partial charge on any atom is 0.0991 e. The van der Waals surface area contributed by atoms with E-state index in [1.165, 1.54) is 10.4 Å². The predicted octanol–water partition coefficient (Wildman–Crippen LogP) is 3.77. The zero-order chi connectivity index (χ0) is 14.8. The summed E-state index contributed by atoms with van der Waals surface area (Å²) in [6.07, 6.45) is 11.2. The zero-order valence-electron chi connectivity index (χ0n) is 11.8. The Morgan fingerprint density at radius 2 is 1.73 bits per heavy atom. The summed E-state index contributed by atoms with van der Waals surface area (Å²) in [7, 11) is 0. The molecule has 0 saturated heterocycles. The Labute approximate surface area is 132 Å². The lowest BCUT2D eigenvalue weighted by atomic mass is 10.0. The minimum Gasteiger partial charge on any atom is -0.325 e. The Morgan fingerprint density at radius 3 is 2.36 bits per heavy atom. The van der Waals surface area contributed by atoms with Crippen LogP contribution in [0.15, 0.2) is 79.2 Å². The lowest BCUT2D eigenvalue weighted by Gasteiger charge is -2.18. The monoisotopic (exact) mass is 306 g/mol. The molecule has 3 aromatic heterocycles. The number of imidazole rings is 2. The molecule has 0 aliphatic carbocycles. The van der Waals surface area contributed by atoms with E-state index in [4.69, 9.17) is 0 Å². The highest BCUT2D eigenvalue weighted by Gasteiger charge is 2.16. The van der Waals surface area contributed by atoms with E-state index in [0.29, 0.717) is 0 Å². The minimum absolute atomic E-state index is 0.166. The number of benzene rings is 1. The Morgan fingerprint density at radius 1 is 0.909 bits per heavy atom. The summed E-state index contributed by atoms with van der Waals surface area (Å²) in [6.45, 7) is 0. The molecule has 4 nitrogen and oxygen atoms in total. The Bertz CT molecular complexity index is 781. The standard InChI is InChI=1S/C17H14N4S/c1-2-16(22-11-1)17(21-10-8-19-13-21)14-3-5-15(6-4-14)20-9-7-18-12-20/h1-13,17H. The van der Waals surface area contributed by atoms with Crippen molar-refractivity contribution in [1.82, 2.24) is 19.1 Å². The SMILES string of the molecule is c1csc(C(c2ccc(-n3ccnc3)cc2)n2ccnc2)c1. The van der Waals surface area contributed by atoms with E-state index in [2.05, 4.69) is 56.3 Å². The first-order chi connectivity index (χ1) is 10.9. The van der Waals surface area contributed by atoms with Gasteiger partial charge in [0.05, 0.1) is 18.7 Å². The number of aromatic nitrogens is 4. The van der Waals surface area contributed by atoms with E-state index >= 15 is 0 Å². The van der Waals surface area contributed by atoms with Crippen molar-refractivity contribution < 1.29 is 0 Å². The molecule has 0 amide bonds. The molecular weight excluding hydrogens is 292 g/mol. The van der Waals surface area contributed by atoms with E-state index in [1.54, 1.807) is 17.5 Å². The molecule has 22 heavy (non-hydrogen) atoms. The van der Waals surface area contributed by atoms with E-state index in [-0.39, 0.29) is 6.04 Å². The lowest BCUT2D eigenvalue weighted by molar-refractivity contribution is 0.688. The van der Waals surface area contributed by atoms with Crippen molar-refractivity contribution in [2.24, 2.45) is 0 Å². The summed E-state index contributed by atoms with van der Waals surface area (Å²) < 4.78 is 4.14. The van der Waals surface area contributed by atoms with Gasteiger partial charge >= 0.3 is 0 Å². The van der Waals surface area contributed by atoms with Gasteiger partial charge in [-0.3, -0.25) is 0 Å². The molecule has 108 valence electrons. The molecule has 0 N–H and O–H groups in total. The molecule has 1 unspecified atom stereocenters. The zero-order valence-corrected chi connectivity index (χ0v) is 12.6. The van der Waals surface area contributed by atoms with Gasteiger partial charge in [-0.05, 0) is 29.1 Å². The van der Waals surface area contributed by atoms with Crippen LogP contribution in [0.5, 0.6) is 0 Å². The van der Waals surface area contributed by atoms with Crippen LogP contribution in [0.2, 0.25) is 0 Å². The third-order valence-corrected chi connectivity index (χ3v) is 4.57. The molecule has 0 bridgehead atoms. The molecule has 3 heterocycles. The number of hydrogen-bond acceptors (Lipinski definition) is 3. The largest absolute Gasteiger partial charge is 0.325 e. The minimum atomic E-state index is 0.166. The summed E-state index contributed by atoms with van der Waals surface area (Å²) in [5, 5.41) is 2.11. The molecule has 4 rings (SSSR count). The summed E-state index contributed by atoms with van der Waals surface area (Å²) in [6, 6.07) is 13.0. The Hall–Kier alpha value is -2.66. The third-order valence-electron chi connectivity index (χ3n) is 3.65. The van der Waals surface area contributed by atoms with Crippen LogP contribution < -0.4 is 0 Å². The molecular formula is C17H14N4S. The molecule has 5 heteroatoms. The van der Waals surface area contributed by atoms with Gasteiger partial charge < -0.3 is 9.13 Å². The highest BCUT2D eigenvalue weighted by Crippen LogP contribution is 2.30. The van der Waals surface area contributed by atoms with Crippen molar-refractivity contribution in [3.63, 3.8) is 0 Å². The first-order valence-corrected chi connectivity index (χ1v) is 7.89. The van der Waals surface area contributed by atoms with Crippen molar-refractivity contribution in [1.29, 1.82) is 0 Å². The predicted molar refractivity (Wildman–Crippen MR) is 87.4 cm³/mol. The van der Waals surface area contributed by atoms with E-state index in [9.17, 15) is 0 Å². The average Bonchev–Trinajstić information content (AvgIpc) is 3.32. The van der Waals surface area contributed by atoms with Crippen LogP contribution >= 0.6 is 11.3 Å². The Kier molecular flexibility index (Phi) is 3.33. The summed E-state index contributed by atoms with van der Waals surface area (Å²) in [5.41, 5.74) is 2.35. The van der Waals surface area contributed by atoms with Gasteiger partial charge in [-0.15, -0.1) is 11.3 Å². The quantitative estimate of drug-likeness (QED) is 0.575. The summed E-state index contributed by atoms with van der Waals surface area (Å²) in [5.74, 6) is 0. The van der Waals surface area contributed by atoms with Crippen LogP contribution in [0.3, 0.4) is 0 Å². The second kappa shape index (κ2) is 5.61. The smallest absolute Gasteiger partial charge is 0.0991 e. The maximum absolute atomic E-state index is 4.19. The number of hydrogen-bond donors (Lipinski definition) is 0. The molecule has 0 aliphatic rings. The number of thiophene rings is 1. The van der Waals surface area contributed by atoms with Crippen molar-refractivity contribution in [3.8, 4) is 5.69 Å². The number of nitrogens with zero attached hydrogens (tertiary/aromatic N) is 4. The van der Waals surface area contributed by atoms with Crippen molar-refractivity contribution >= 4 is 11.3 Å². The molecule has 1 atom stereocenters. The second-order valence-corrected chi connectivity index (χ2v) is 5.97. The summed E-state index contributed by atoms with van der Waals surface area (Å²) >= 11 is 1.76. The van der Waals surface area contributed by atoms with Crippen LogP contribution in [0.25, 0.3) is 5.69 Å². The second-order valence-electron chi connectivity index (χ2n) is 4.99. The van der Waals surface area contributed by atoms with Crippen molar-refractivity contribution in [2.75, 3.05) is 0 Å². The number of rotatable bonds is 4. The molecule has 0 saturated carbocycles. The normalized spacial score (nSPS) is 12.4. The van der Waals surface area contributed by atoms with Crippen LogP contribution in [0.1, 0.15) is 16.5 Å². The lowest BCUT2D eigenvalue weighted by Crippen LogP contribution is -2.09. The Balaban J connectivity index is 1.74. The fourth-order valence-corrected chi connectivity index (χ4v) is 3.45.